The highest BCUT2D eigenvalue weighted by atomic mass is 16.2. The number of nitrogens with one attached hydrogen (secondary N) is 4. The van der Waals surface area contributed by atoms with E-state index in [1.807, 2.05) is 51.2 Å². The SMILES string of the molecule is CC.CCNC(=O)c1ccc(C2CC2)cc1.CNC(=O)c1ncc(N2CCCCC2)nc1NC1=CN(C)NC1. The lowest BCUT2D eigenvalue weighted by atomic mass is 10.1. The first-order valence-electron chi connectivity index (χ1n) is 14.1. The van der Waals surface area contributed by atoms with Crippen molar-refractivity contribution in [1.82, 2.24) is 31.0 Å². The lowest BCUT2D eigenvalue weighted by Gasteiger charge is -2.28. The zero-order chi connectivity index (χ0) is 28.2. The summed E-state index contributed by atoms with van der Waals surface area (Å²) in [5.41, 5.74) is 6.54. The van der Waals surface area contributed by atoms with E-state index >= 15 is 0 Å². The van der Waals surface area contributed by atoms with E-state index in [2.05, 4.69) is 48.4 Å². The predicted octanol–water partition coefficient (Wildman–Crippen LogP) is 3.87. The highest BCUT2D eigenvalue weighted by molar-refractivity contribution is 5.97. The van der Waals surface area contributed by atoms with Crippen LogP contribution in [0.5, 0.6) is 0 Å². The van der Waals surface area contributed by atoms with Crippen molar-refractivity contribution in [1.29, 1.82) is 0 Å². The Morgan fingerprint density at radius 2 is 1.74 bits per heavy atom. The van der Waals surface area contributed by atoms with Gasteiger partial charge in [-0.1, -0.05) is 26.0 Å². The van der Waals surface area contributed by atoms with Crippen LogP contribution in [-0.4, -0.2) is 67.1 Å². The Bertz CT molecular complexity index is 1110. The minimum atomic E-state index is -0.245. The molecule has 39 heavy (non-hydrogen) atoms. The summed E-state index contributed by atoms with van der Waals surface area (Å²) in [5.74, 6) is 1.86. The van der Waals surface area contributed by atoms with E-state index in [-0.39, 0.29) is 11.8 Å². The van der Waals surface area contributed by atoms with Crippen molar-refractivity contribution < 1.29 is 9.59 Å². The fourth-order valence-electron chi connectivity index (χ4n) is 4.38. The molecule has 0 atom stereocenters. The van der Waals surface area contributed by atoms with Crippen LogP contribution in [0.15, 0.2) is 42.4 Å². The summed E-state index contributed by atoms with van der Waals surface area (Å²) in [6, 6.07) is 7.97. The molecule has 0 bridgehead atoms. The molecule has 0 radical (unpaired) electrons. The van der Waals surface area contributed by atoms with Crippen LogP contribution in [0.4, 0.5) is 11.6 Å². The molecule has 0 unspecified atom stereocenters. The smallest absolute Gasteiger partial charge is 0.273 e. The second kappa shape index (κ2) is 15.1. The summed E-state index contributed by atoms with van der Waals surface area (Å²) in [6.45, 7) is 9.25. The molecule has 3 heterocycles. The minimum Gasteiger partial charge on any atom is -0.355 e. The Kier molecular flexibility index (Phi) is 11.5. The molecular formula is C29H44N8O2. The second-order valence-corrected chi connectivity index (χ2v) is 9.53. The average molecular weight is 537 g/mol. The quantitative estimate of drug-likeness (QED) is 0.422. The van der Waals surface area contributed by atoms with Crippen molar-refractivity contribution in [2.45, 2.75) is 58.8 Å². The van der Waals surface area contributed by atoms with Crippen molar-refractivity contribution in [3.8, 4) is 0 Å². The standard InChI is InChI=1S/C15H23N7O.C12H15NO.C2H6/c1-16-15(23)13-14(19-11-8-18-21(2)10-11)20-12(9-17-13)22-6-4-3-5-7-22;1-2-13-12(14)11-7-5-10(6-8-11)9-3-4-9;1-2/h9-10,18H,3-8H2,1-2H3,(H,16,23)(H,19,20);5-9H,2-4H2,1H3,(H,13,14);1-2H3. The lowest BCUT2D eigenvalue weighted by Crippen LogP contribution is -2.31. The van der Waals surface area contributed by atoms with Crippen LogP contribution >= 0.6 is 0 Å². The summed E-state index contributed by atoms with van der Waals surface area (Å²) in [6.07, 6.45) is 9.83. The number of hydrogen-bond donors (Lipinski definition) is 4. The van der Waals surface area contributed by atoms with E-state index in [0.29, 0.717) is 24.6 Å². The maximum absolute atomic E-state index is 12.0. The largest absolute Gasteiger partial charge is 0.355 e. The lowest BCUT2D eigenvalue weighted by molar-refractivity contribution is 0.0949. The predicted molar refractivity (Wildman–Crippen MR) is 157 cm³/mol. The van der Waals surface area contributed by atoms with Gasteiger partial charge < -0.3 is 25.9 Å². The molecule has 1 saturated carbocycles. The number of aromatic nitrogens is 2. The Morgan fingerprint density at radius 3 is 2.31 bits per heavy atom. The number of carbonyl (C=O) groups excluding carboxylic acids is 2. The van der Waals surface area contributed by atoms with Gasteiger partial charge in [0.25, 0.3) is 11.8 Å². The van der Waals surface area contributed by atoms with Gasteiger partial charge in [-0.25, -0.2) is 15.4 Å². The topological polar surface area (TPSA) is 115 Å². The van der Waals surface area contributed by atoms with Gasteiger partial charge in [0, 0.05) is 51.2 Å². The summed E-state index contributed by atoms with van der Waals surface area (Å²) in [7, 11) is 3.51. The highest BCUT2D eigenvalue weighted by Crippen LogP contribution is 2.39. The van der Waals surface area contributed by atoms with E-state index in [1.54, 1.807) is 13.2 Å². The second-order valence-electron chi connectivity index (χ2n) is 9.53. The normalized spacial score (nSPS) is 16.2. The molecule has 1 saturated heterocycles. The molecule has 2 amide bonds. The van der Waals surface area contributed by atoms with Crippen LogP contribution in [-0.2, 0) is 0 Å². The van der Waals surface area contributed by atoms with Gasteiger partial charge in [-0.3, -0.25) is 9.59 Å². The molecule has 10 heteroatoms. The van der Waals surface area contributed by atoms with Crippen molar-refractivity contribution in [2.24, 2.45) is 0 Å². The number of amides is 2. The molecule has 1 aliphatic carbocycles. The van der Waals surface area contributed by atoms with Crippen molar-refractivity contribution in [3.63, 3.8) is 0 Å². The molecule has 1 aromatic heterocycles. The first-order valence-corrected chi connectivity index (χ1v) is 14.1. The summed E-state index contributed by atoms with van der Waals surface area (Å²) in [4.78, 5) is 34.7. The van der Waals surface area contributed by atoms with E-state index in [9.17, 15) is 9.59 Å². The number of carbonyl (C=O) groups is 2. The molecule has 2 fully saturated rings. The van der Waals surface area contributed by atoms with Crippen molar-refractivity contribution in [2.75, 3.05) is 50.5 Å². The van der Waals surface area contributed by atoms with Crippen LogP contribution in [0, 0.1) is 0 Å². The maximum atomic E-state index is 12.0. The van der Waals surface area contributed by atoms with Crippen molar-refractivity contribution >= 4 is 23.5 Å². The molecule has 2 aromatic rings. The fourth-order valence-corrected chi connectivity index (χ4v) is 4.38. The summed E-state index contributed by atoms with van der Waals surface area (Å²) < 4.78 is 0. The Balaban J connectivity index is 0.000000224. The summed E-state index contributed by atoms with van der Waals surface area (Å²) in [5, 5.41) is 10.5. The first kappa shape index (κ1) is 29.9. The van der Waals surface area contributed by atoms with E-state index in [1.165, 1.54) is 37.7 Å². The molecule has 4 N–H and O–H groups in total. The number of anilines is 2. The van der Waals surface area contributed by atoms with Crippen LogP contribution in [0.1, 0.15) is 85.2 Å². The number of piperidine rings is 1. The van der Waals surface area contributed by atoms with Gasteiger partial charge in [-0.2, -0.15) is 0 Å². The fraction of sp³-hybridized carbons (Fsp3) is 0.517. The highest BCUT2D eigenvalue weighted by Gasteiger charge is 2.23. The molecule has 2 aliphatic heterocycles. The van der Waals surface area contributed by atoms with E-state index < -0.39 is 0 Å². The number of nitrogens with zero attached hydrogens (tertiary/aromatic N) is 4. The molecule has 3 aliphatic rings. The zero-order valence-corrected chi connectivity index (χ0v) is 24.0. The average Bonchev–Trinajstić information content (AvgIpc) is 3.76. The van der Waals surface area contributed by atoms with Gasteiger partial charge in [-0.15, -0.1) is 0 Å². The number of hydrogen-bond acceptors (Lipinski definition) is 8. The third-order valence-corrected chi connectivity index (χ3v) is 6.59. The van der Waals surface area contributed by atoms with Gasteiger partial charge in [0.15, 0.2) is 11.5 Å². The van der Waals surface area contributed by atoms with E-state index in [0.717, 1.165) is 36.1 Å². The molecule has 1 aromatic carbocycles. The third-order valence-electron chi connectivity index (χ3n) is 6.59. The number of benzene rings is 1. The van der Waals surface area contributed by atoms with Gasteiger partial charge in [0.05, 0.1) is 12.7 Å². The Labute approximate surface area is 232 Å². The van der Waals surface area contributed by atoms with Crippen LogP contribution < -0.4 is 26.3 Å². The Morgan fingerprint density at radius 1 is 1.05 bits per heavy atom. The molecule has 5 rings (SSSR count). The first-order chi connectivity index (χ1) is 19.0. The third kappa shape index (κ3) is 8.68. The van der Waals surface area contributed by atoms with Crippen LogP contribution in [0.25, 0.3) is 0 Å². The monoisotopic (exact) mass is 536 g/mol. The maximum Gasteiger partial charge on any atom is 0.273 e. The zero-order valence-electron chi connectivity index (χ0n) is 24.0. The molecule has 10 nitrogen and oxygen atoms in total. The molecule has 212 valence electrons. The molecule has 0 spiro atoms. The van der Waals surface area contributed by atoms with Gasteiger partial charge in [0.2, 0.25) is 0 Å². The molecular weight excluding hydrogens is 492 g/mol. The Hall–Kier alpha value is -3.66. The number of hydrazine groups is 1. The van der Waals surface area contributed by atoms with Crippen molar-refractivity contribution in [3.05, 3.63) is 59.2 Å². The minimum absolute atomic E-state index is 0.0230. The number of rotatable bonds is 7. The van der Waals surface area contributed by atoms with Gasteiger partial charge >= 0.3 is 0 Å². The summed E-state index contributed by atoms with van der Waals surface area (Å²) >= 11 is 0. The van der Waals surface area contributed by atoms with Gasteiger partial charge in [-0.05, 0) is 62.6 Å². The van der Waals surface area contributed by atoms with Crippen LogP contribution in [0.3, 0.4) is 0 Å². The van der Waals surface area contributed by atoms with Crippen LogP contribution in [0.2, 0.25) is 0 Å². The van der Waals surface area contributed by atoms with E-state index in [4.69, 9.17) is 0 Å². The van der Waals surface area contributed by atoms with Gasteiger partial charge in [0.1, 0.15) is 5.82 Å².